The fourth-order valence-corrected chi connectivity index (χ4v) is 3.83. The first kappa shape index (κ1) is 16.5. The summed E-state index contributed by atoms with van der Waals surface area (Å²) in [5, 5.41) is 1.26. The van der Waals surface area contributed by atoms with E-state index in [9.17, 15) is 4.79 Å². The molecule has 0 unspecified atom stereocenters. The molecule has 1 aliphatic heterocycles. The lowest BCUT2D eigenvalue weighted by Gasteiger charge is -2.25. The lowest BCUT2D eigenvalue weighted by molar-refractivity contribution is -0.123. The van der Waals surface area contributed by atoms with Crippen LogP contribution in [0.2, 0.25) is 5.02 Å². The van der Waals surface area contributed by atoms with Crippen molar-refractivity contribution >= 4 is 38.9 Å². The first-order valence-electron chi connectivity index (χ1n) is 8.08. The van der Waals surface area contributed by atoms with E-state index in [1.165, 1.54) is 11.3 Å². The van der Waals surface area contributed by atoms with Crippen LogP contribution in [0.5, 0.6) is 10.9 Å². The molecule has 25 heavy (non-hydrogen) atoms. The van der Waals surface area contributed by atoms with Gasteiger partial charge in [0.15, 0.2) is 0 Å². The monoisotopic (exact) mass is 373 g/mol. The molecule has 0 aliphatic carbocycles. The molecule has 0 radical (unpaired) electrons. The van der Waals surface area contributed by atoms with Crippen LogP contribution in [0, 0.1) is 5.92 Å². The van der Waals surface area contributed by atoms with Crippen LogP contribution in [0.4, 0.5) is 0 Å². The van der Waals surface area contributed by atoms with E-state index in [-0.39, 0.29) is 5.78 Å². The molecule has 0 atom stereocenters. The Kier molecular flexibility index (Phi) is 4.70. The zero-order chi connectivity index (χ0) is 17.2. The summed E-state index contributed by atoms with van der Waals surface area (Å²) >= 11 is 7.45. The fraction of sp³-hybridized carbons (Fsp3) is 0.263. The van der Waals surface area contributed by atoms with Crippen LogP contribution in [-0.2, 0) is 16.0 Å². The zero-order valence-corrected chi connectivity index (χ0v) is 15.0. The molecule has 4 nitrogen and oxygen atoms in total. The quantitative estimate of drug-likeness (QED) is 0.617. The van der Waals surface area contributed by atoms with Crippen molar-refractivity contribution in [3.05, 3.63) is 53.1 Å². The number of carbonyl (C=O) groups is 1. The molecular weight excluding hydrogens is 358 g/mol. The van der Waals surface area contributed by atoms with E-state index in [0.717, 1.165) is 15.8 Å². The predicted molar refractivity (Wildman–Crippen MR) is 98.8 cm³/mol. The van der Waals surface area contributed by atoms with Gasteiger partial charge in [0.1, 0.15) is 11.5 Å². The molecule has 0 amide bonds. The van der Waals surface area contributed by atoms with Gasteiger partial charge in [0.2, 0.25) is 0 Å². The average molecular weight is 374 g/mol. The van der Waals surface area contributed by atoms with Crippen LogP contribution < -0.4 is 4.74 Å². The van der Waals surface area contributed by atoms with Gasteiger partial charge in [0.05, 0.1) is 23.4 Å². The third-order valence-electron chi connectivity index (χ3n) is 4.08. The molecule has 128 valence electrons. The van der Waals surface area contributed by atoms with Gasteiger partial charge in [-0.1, -0.05) is 35.1 Å². The highest BCUT2D eigenvalue weighted by Gasteiger charge is 2.21. The van der Waals surface area contributed by atoms with Crippen LogP contribution in [0.1, 0.15) is 12.0 Å². The van der Waals surface area contributed by atoms with Gasteiger partial charge >= 0.3 is 0 Å². The number of benzene rings is 2. The van der Waals surface area contributed by atoms with Gasteiger partial charge in [-0.2, -0.15) is 0 Å². The molecule has 2 aromatic carbocycles. The van der Waals surface area contributed by atoms with E-state index >= 15 is 0 Å². The number of thiazole rings is 1. The van der Waals surface area contributed by atoms with E-state index in [4.69, 9.17) is 21.1 Å². The summed E-state index contributed by atoms with van der Waals surface area (Å²) in [4.78, 5) is 16.5. The van der Waals surface area contributed by atoms with Crippen molar-refractivity contribution in [3.8, 4) is 10.9 Å². The van der Waals surface area contributed by atoms with Crippen LogP contribution in [0.3, 0.4) is 0 Å². The minimum Gasteiger partial charge on any atom is -0.431 e. The van der Waals surface area contributed by atoms with E-state index in [1.54, 1.807) is 0 Å². The van der Waals surface area contributed by atoms with E-state index in [2.05, 4.69) is 4.98 Å². The van der Waals surface area contributed by atoms with Crippen molar-refractivity contribution in [2.45, 2.75) is 12.8 Å². The molecule has 3 aromatic rings. The van der Waals surface area contributed by atoms with Crippen molar-refractivity contribution < 1.29 is 14.3 Å². The predicted octanol–water partition coefficient (Wildman–Crippen LogP) is 4.89. The lowest BCUT2D eigenvalue weighted by atomic mass is 9.97. The Morgan fingerprint density at radius 2 is 2.04 bits per heavy atom. The number of Topliss-reactive ketones (excluding diaryl/α,β-unsaturated/α-hetero) is 1. The Labute approximate surface area is 154 Å². The zero-order valence-electron chi connectivity index (χ0n) is 13.4. The fourth-order valence-electron chi connectivity index (χ4n) is 2.72. The minimum absolute atomic E-state index is 0.255. The van der Waals surface area contributed by atoms with Crippen molar-refractivity contribution in [1.82, 2.24) is 4.98 Å². The van der Waals surface area contributed by atoms with Gasteiger partial charge in [0, 0.05) is 23.8 Å². The number of halogens is 1. The van der Waals surface area contributed by atoms with E-state index in [1.807, 2.05) is 42.5 Å². The minimum atomic E-state index is 0.255. The average Bonchev–Trinajstić information content (AvgIpc) is 2.94. The molecule has 1 aliphatic rings. The normalized spacial score (nSPS) is 14.4. The Morgan fingerprint density at radius 1 is 1.24 bits per heavy atom. The number of hydrogen-bond donors (Lipinski definition) is 0. The maximum atomic E-state index is 12.0. The Hall–Kier alpha value is -1.95. The second kappa shape index (κ2) is 7.12. The van der Waals surface area contributed by atoms with Gasteiger partial charge in [0.25, 0.3) is 5.19 Å². The third-order valence-corrected chi connectivity index (χ3v) is 5.22. The van der Waals surface area contributed by atoms with Crippen molar-refractivity contribution in [3.63, 3.8) is 0 Å². The molecule has 1 fully saturated rings. The summed E-state index contributed by atoms with van der Waals surface area (Å²) in [6, 6.07) is 13.2. The topological polar surface area (TPSA) is 48.4 Å². The Balaban J connectivity index is 1.39. The highest BCUT2D eigenvalue weighted by Crippen LogP contribution is 2.32. The van der Waals surface area contributed by atoms with Crippen LogP contribution in [0.25, 0.3) is 10.2 Å². The number of hydrogen-bond acceptors (Lipinski definition) is 5. The molecule has 1 saturated heterocycles. The second-order valence-corrected chi connectivity index (χ2v) is 7.59. The lowest BCUT2D eigenvalue weighted by Crippen LogP contribution is -2.30. The Morgan fingerprint density at radius 3 is 2.76 bits per heavy atom. The number of ketones is 1. The van der Waals surface area contributed by atoms with Gasteiger partial charge in [-0.3, -0.25) is 4.79 Å². The maximum absolute atomic E-state index is 12.0. The smallest absolute Gasteiger partial charge is 0.279 e. The number of aromatic nitrogens is 1. The third kappa shape index (κ3) is 4.00. The first-order valence-corrected chi connectivity index (χ1v) is 9.27. The standard InChI is InChI=1S/C19H16ClNO3S/c20-14-3-6-17-18(9-14)25-19(21-17)24-16-4-1-12(2-5-16)7-15(22)8-13-10-23-11-13/h1-6,9,13H,7-8,10-11H2. The molecule has 1 aromatic heterocycles. The second-order valence-electron chi connectivity index (χ2n) is 6.16. The highest BCUT2D eigenvalue weighted by atomic mass is 35.5. The summed E-state index contributed by atoms with van der Waals surface area (Å²) in [6.07, 6.45) is 1.06. The van der Waals surface area contributed by atoms with Crippen LogP contribution in [0.15, 0.2) is 42.5 Å². The summed E-state index contributed by atoms with van der Waals surface area (Å²) in [6.45, 7) is 1.43. The molecular formula is C19H16ClNO3S. The van der Waals surface area contributed by atoms with E-state index < -0.39 is 0 Å². The number of ether oxygens (including phenoxy) is 2. The van der Waals surface area contributed by atoms with Gasteiger partial charge in [-0.05, 0) is 35.9 Å². The van der Waals surface area contributed by atoms with Crippen molar-refractivity contribution in [2.75, 3.05) is 13.2 Å². The number of nitrogens with zero attached hydrogens (tertiary/aromatic N) is 1. The number of fused-ring (bicyclic) bond motifs is 1. The SMILES string of the molecule is O=C(Cc1ccc(Oc2nc3ccc(Cl)cc3s2)cc1)CC1COC1. The molecule has 0 spiro atoms. The highest BCUT2D eigenvalue weighted by molar-refractivity contribution is 7.20. The molecule has 2 heterocycles. The van der Waals surface area contributed by atoms with Gasteiger partial charge < -0.3 is 9.47 Å². The largest absolute Gasteiger partial charge is 0.431 e. The molecule has 0 bridgehead atoms. The van der Waals surface area contributed by atoms with Crippen LogP contribution >= 0.6 is 22.9 Å². The maximum Gasteiger partial charge on any atom is 0.279 e. The molecule has 4 rings (SSSR count). The summed E-state index contributed by atoms with van der Waals surface area (Å²) in [5.41, 5.74) is 1.86. The van der Waals surface area contributed by atoms with Gasteiger partial charge in [-0.15, -0.1) is 0 Å². The van der Waals surface area contributed by atoms with Crippen molar-refractivity contribution in [2.24, 2.45) is 5.92 Å². The number of rotatable bonds is 6. The summed E-state index contributed by atoms with van der Waals surface area (Å²) in [5.74, 6) is 1.36. The molecule has 0 N–H and O–H groups in total. The molecule has 0 saturated carbocycles. The summed E-state index contributed by atoms with van der Waals surface area (Å²) in [7, 11) is 0. The summed E-state index contributed by atoms with van der Waals surface area (Å²) < 4.78 is 11.9. The van der Waals surface area contributed by atoms with Crippen molar-refractivity contribution in [1.29, 1.82) is 0 Å². The molecule has 6 heteroatoms. The van der Waals surface area contributed by atoms with Gasteiger partial charge in [-0.25, -0.2) is 4.98 Å². The number of carbonyl (C=O) groups excluding carboxylic acids is 1. The van der Waals surface area contributed by atoms with Crippen LogP contribution in [-0.4, -0.2) is 24.0 Å². The Bertz CT molecular complexity index is 903. The van der Waals surface area contributed by atoms with E-state index in [0.29, 0.717) is 47.9 Å². The first-order chi connectivity index (χ1) is 12.2.